The van der Waals surface area contributed by atoms with Crippen LogP contribution in [0.4, 0.5) is 0 Å². The molecule has 1 saturated heterocycles. The van der Waals surface area contributed by atoms with E-state index in [1.54, 1.807) is 6.07 Å². The van der Waals surface area contributed by atoms with Gasteiger partial charge in [-0.15, -0.1) is 0 Å². The quantitative estimate of drug-likeness (QED) is 0.757. The zero-order valence-electron chi connectivity index (χ0n) is 16.2. The van der Waals surface area contributed by atoms with Crippen molar-refractivity contribution in [1.29, 1.82) is 0 Å². The average molecular weight is 400 g/mol. The fourth-order valence-corrected chi connectivity index (χ4v) is 4.49. The largest absolute Gasteiger partial charge is 0.504 e. The topological polar surface area (TPSA) is 95.6 Å². The maximum absolute atomic E-state index is 10.4. The Bertz CT molecular complexity index is 928. The fraction of sp³-hybridized carbons (Fsp3) is 0.429. The molecule has 0 amide bonds. The summed E-state index contributed by atoms with van der Waals surface area (Å²) in [7, 11) is 1.52. The third-order valence-corrected chi connectivity index (χ3v) is 5.93. The summed E-state index contributed by atoms with van der Waals surface area (Å²) in [6.07, 6.45) is 3.05. The third kappa shape index (κ3) is 3.08. The van der Waals surface area contributed by atoms with Gasteiger partial charge in [-0.2, -0.15) is 5.90 Å². The predicted octanol–water partition coefficient (Wildman–Crippen LogP) is 2.72. The lowest BCUT2D eigenvalue weighted by Gasteiger charge is -2.37. The van der Waals surface area contributed by atoms with Crippen LogP contribution < -0.4 is 29.7 Å². The van der Waals surface area contributed by atoms with Gasteiger partial charge in [0.05, 0.1) is 7.11 Å². The highest BCUT2D eigenvalue weighted by Gasteiger charge is 2.36. The standard InChI is InChI=1S/C21H24N2O6/c1-25-19-7-12(6-15(24)21(19)29-22)13-9-20(23-4-2-3-5-23)28-16-10-18-17(8-14(13)16)26-11-27-18/h6-8,10,13,20,24H,2-5,9,11,22H2,1H3. The lowest BCUT2D eigenvalue weighted by Crippen LogP contribution is -2.41. The Morgan fingerprint density at radius 2 is 1.83 bits per heavy atom. The molecule has 2 atom stereocenters. The van der Waals surface area contributed by atoms with Gasteiger partial charge in [-0.05, 0) is 36.6 Å². The number of benzene rings is 2. The number of phenolic OH excluding ortho intramolecular Hbond substituents is 1. The van der Waals surface area contributed by atoms with Gasteiger partial charge in [0.25, 0.3) is 0 Å². The molecule has 29 heavy (non-hydrogen) atoms. The molecule has 2 unspecified atom stereocenters. The lowest BCUT2D eigenvalue weighted by atomic mass is 9.84. The summed E-state index contributed by atoms with van der Waals surface area (Å²) in [5.74, 6) is 7.89. The summed E-state index contributed by atoms with van der Waals surface area (Å²) in [5, 5.41) is 10.4. The van der Waals surface area contributed by atoms with E-state index in [9.17, 15) is 5.11 Å². The molecule has 3 aliphatic rings. The van der Waals surface area contributed by atoms with E-state index in [1.165, 1.54) is 20.0 Å². The molecule has 3 aliphatic heterocycles. The molecule has 0 radical (unpaired) electrons. The van der Waals surface area contributed by atoms with E-state index in [0.717, 1.165) is 36.4 Å². The van der Waals surface area contributed by atoms with Crippen molar-refractivity contribution in [1.82, 2.24) is 4.90 Å². The Kier molecular flexibility index (Phi) is 4.52. The highest BCUT2D eigenvalue weighted by Crippen LogP contribution is 2.49. The van der Waals surface area contributed by atoms with Crippen LogP contribution in [0.25, 0.3) is 0 Å². The van der Waals surface area contributed by atoms with Crippen LogP contribution in [-0.2, 0) is 0 Å². The van der Waals surface area contributed by atoms with Crippen molar-refractivity contribution >= 4 is 0 Å². The second-order valence-electron chi connectivity index (χ2n) is 7.54. The van der Waals surface area contributed by atoms with Gasteiger partial charge in [0.2, 0.25) is 12.5 Å². The Balaban J connectivity index is 1.60. The first-order valence-electron chi connectivity index (χ1n) is 9.80. The zero-order valence-corrected chi connectivity index (χ0v) is 16.2. The first kappa shape index (κ1) is 18.2. The van der Waals surface area contributed by atoms with Crippen LogP contribution in [0.15, 0.2) is 24.3 Å². The summed E-state index contributed by atoms with van der Waals surface area (Å²) >= 11 is 0. The van der Waals surface area contributed by atoms with E-state index in [2.05, 4.69) is 4.90 Å². The number of hydrogen-bond donors (Lipinski definition) is 2. The molecular weight excluding hydrogens is 376 g/mol. The van der Waals surface area contributed by atoms with E-state index in [-0.39, 0.29) is 30.4 Å². The molecule has 2 aromatic rings. The number of hydrogen-bond acceptors (Lipinski definition) is 8. The van der Waals surface area contributed by atoms with E-state index >= 15 is 0 Å². The van der Waals surface area contributed by atoms with Crippen molar-refractivity contribution in [3.63, 3.8) is 0 Å². The van der Waals surface area contributed by atoms with Crippen LogP contribution in [0.5, 0.6) is 34.5 Å². The first-order chi connectivity index (χ1) is 14.2. The molecule has 0 saturated carbocycles. The van der Waals surface area contributed by atoms with Gasteiger partial charge in [-0.25, -0.2) is 0 Å². The van der Waals surface area contributed by atoms with Crippen molar-refractivity contribution in [2.75, 3.05) is 27.0 Å². The molecule has 0 spiro atoms. The minimum Gasteiger partial charge on any atom is -0.504 e. The number of nitrogens with zero attached hydrogens (tertiary/aromatic N) is 1. The number of fused-ring (bicyclic) bond motifs is 2. The number of likely N-dealkylation sites (tertiary alicyclic amines) is 1. The van der Waals surface area contributed by atoms with Crippen LogP contribution in [0, 0.1) is 0 Å². The maximum atomic E-state index is 10.4. The zero-order chi connectivity index (χ0) is 20.0. The molecular formula is C21H24N2O6. The second kappa shape index (κ2) is 7.20. The SMILES string of the molecule is COc1cc(C2CC(N3CCCC3)Oc3cc4c(cc32)OCO4)cc(O)c1ON. The Hall–Kier alpha value is -2.84. The number of phenols is 1. The minimum absolute atomic E-state index is 0.0227. The number of ether oxygens (including phenoxy) is 4. The lowest BCUT2D eigenvalue weighted by molar-refractivity contribution is 0.0212. The van der Waals surface area contributed by atoms with Gasteiger partial charge in [-0.1, -0.05) is 0 Å². The molecule has 0 bridgehead atoms. The van der Waals surface area contributed by atoms with E-state index in [0.29, 0.717) is 17.2 Å². The average Bonchev–Trinajstić information content (AvgIpc) is 3.42. The molecule has 3 N–H and O–H groups in total. The molecule has 5 rings (SSSR count). The number of nitrogens with two attached hydrogens (primary N) is 1. The normalized spacial score (nSPS) is 22.8. The summed E-state index contributed by atoms with van der Waals surface area (Å²) in [6, 6.07) is 7.41. The summed E-state index contributed by atoms with van der Waals surface area (Å²) < 4.78 is 22.9. The molecule has 0 aliphatic carbocycles. The second-order valence-corrected chi connectivity index (χ2v) is 7.54. The highest BCUT2D eigenvalue weighted by molar-refractivity contribution is 5.59. The van der Waals surface area contributed by atoms with Crippen molar-refractivity contribution in [3.05, 3.63) is 35.4 Å². The van der Waals surface area contributed by atoms with Gasteiger partial charge in [0.15, 0.2) is 29.2 Å². The Labute approximate surface area is 168 Å². The molecule has 3 heterocycles. The molecule has 154 valence electrons. The smallest absolute Gasteiger partial charge is 0.231 e. The van der Waals surface area contributed by atoms with Crippen LogP contribution in [0.3, 0.4) is 0 Å². The van der Waals surface area contributed by atoms with Gasteiger partial charge < -0.3 is 28.9 Å². The first-order valence-corrected chi connectivity index (χ1v) is 9.80. The van der Waals surface area contributed by atoms with Gasteiger partial charge in [0.1, 0.15) is 5.75 Å². The van der Waals surface area contributed by atoms with Crippen LogP contribution in [0.1, 0.15) is 36.3 Å². The van der Waals surface area contributed by atoms with E-state index in [4.69, 9.17) is 29.7 Å². The monoisotopic (exact) mass is 400 g/mol. The number of methoxy groups -OCH3 is 1. The van der Waals surface area contributed by atoms with E-state index in [1.807, 2.05) is 18.2 Å². The van der Waals surface area contributed by atoms with Crippen LogP contribution in [0.2, 0.25) is 0 Å². The summed E-state index contributed by atoms with van der Waals surface area (Å²) in [6.45, 7) is 2.24. The van der Waals surface area contributed by atoms with Gasteiger partial charge >= 0.3 is 0 Å². The molecule has 2 aromatic carbocycles. The molecule has 8 nitrogen and oxygen atoms in total. The molecule has 0 aromatic heterocycles. The molecule has 1 fully saturated rings. The Morgan fingerprint density at radius 1 is 1.07 bits per heavy atom. The van der Waals surface area contributed by atoms with Crippen molar-refractivity contribution in [3.8, 4) is 34.5 Å². The van der Waals surface area contributed by atoms with Crippen molar-refractivity contribution in [2.24, 2.45) is 5.90 Å². The number of rotatable bonds is 4. The third-order valence-electron chi connectivity index (χ3n) is 5.93. The van der Waals surface area contributed by atoms with E-state index < -0.39 is 0 Å². The Morgan fingerprint density at radius 3 is 2.55 bits per heavy atom. The van der Waals surface area contributed by atoms with Gasteiger partial charge in [-0.3, -0.25) is 4.90 Å². The van der Waals surface area contributed by atoms with Crippen molar-refractivity contribution < 1.29 is 28.9 Å². The molecule has 8 heteroatoms. The van der Waals surface area contributed by atoms with Crippen molar-refractivity contribution in [2.45, 2.75) is 31.4 Å². The fourth-order valence-electron chi connectivity index (χ4n) is 4.49. The van der Waals surface area contributed by atoms with Crippen LogP contribution >= 0.6 is 0 Å². The maximum Gasteiger partial charge on any atom is 0.231 e. The highest BCUT2D eigenvalue weighted by atomic mass is 16.7. The van der Waals surface area contributed by atoms with Crippen LogP contribution in [-0.4, -0.2) is 43.2 Å². The summed E-state index contributed by atoms with van der Waals surface area (Å²) in [5.41, 5.74) is 1.89. The number of aromatic hydroxyl groups is 1. The predicted molar refractivity (Wildman–Crippen MR) is 104 cm³/mol. The summed E-state index contributed by atoms with van der Waals surface area (Å²) in [4.78, 5) is 7.17. The van der Waals surface area contributed by atoms with Gasteiger partial charge in [0, 0.05) is 37.1 Å². The minimum atomic E-state index is -0.0617.